The summed E-state index contributed by atoms with van der Waals surface area (Å²) in [5, 5.41) is 12.5. The Kier molecular flexibility index (Phi) is 8.61. The van der Waals surface area contributed by atoms with Crippen molar-refractivity contribution in [3.63, 3.8) is 0 Å². The highest BCUT2D eigenvalue weighted by Gasteiger charge is 2.53. The van der Waals surface area contributed by atoms with Crippen LogP contribution in [0.5, 0.6) is 0 Å². The SMILES string of the molecule is CC(C)(C)C[C@]1(c2ccc(-c3cnn(C(F)F)c3)cc2)N=C(N)N([C@H](COC(=O)CC2(C)CC2)c2ccc(Cl)c(-n3nccn3)c2)C1=O. The number of amides is 1. The number of carbonyl (C=O) groups is 2. The van der Waals surface area contributed by atoms with E-state index < -0.39 is 24.0 Å². The lowest BCUT2D eigenvalue weighted by Gasteiger charge is -2.35. The number of halogens is 3. The van der Waals surface area contributed by atoms with Crippen LogP contribution in [-0.4, -0.2) is 54.1 Å². The first-order chi connectivity index (χ1) is 22.7. The number of esters is 1. The number of carbonyl (C=O) groups excluding carboxylic acids is 2. The van der Waals surface area contributed by atoms with Gasteiger partial charge in [0.2, 0.25) is 0 Å². The molecule has 2 aromatic heterocycles. The number of ether oxygens (including phenoxy) is 1. The number of aromatic nitrogens is 5. The van der Waals surface area contributed by atoms with Crippen LogP contribution < -0.4 is 5.73 Å². The van der Waals surface area contributed by atoms with E-state index in [2.05, 4.69) is 15.3 Å². The predicted molar refractivity (Wildman–Crippen MR) is 175 cm³/mol. The molecule has 252 valence electrons. The fourth-order valence-electron chi connectivity index (χ4n) is 6.12. The van der Waals surface area contributed by atoms with Crippen LogP contribution in [0.15, 0.2) is 72.2 Å². The van der Waals surface area contributed by atoms with Gasteiger partial charge in [0.25, 0.3) is 5.91 Å². The van der Waals surface area contributed by atoms with Gasteiger partial charge in [0.1, 0.15) is 12.3 Å². The topological polar surface area (TPSA) is 134 Å². The molecule has 6 rings (SSSR count). The summed E-state index contributed by atoms with van der Waals surface area (Å²) >= 11 is 6.53. The van der Waals surface area contributed by atoms with Crippen LogP contribution in [0.2, 0.25) is 5.02 Å². The van der Waals surface area contributed by atoms with Gasteiger partial charge in [0.15, 0.2) is 11.5 Å². The molecular formula is C34H37ClF2N8O3. The second kappa shape index (κ2) is 12.4. The Hall–Kier alpha value is -4.65. The van der Waals surface area contributed by atoms with Gasteiger partial charge in [0.05, 0.1) is 36.1 Å². The first-order valence-electron chi connectivity index (χ1n) is 15.6. The van der Waals surface area contributed by atoms with E-state index in [-0.39, 0.29) is 35.8 Å². The van der Waals surface area contributed by atoms with Gasteiger partial charge >= 0.3 is 12.5 Å². The van der Waals surface area contributed by atoms with Crippen LogP contribution in [0.4, 0.5) is 8.78 Å². The second-order valence-corrected chi connectivity index (χ2v) is 14.4. The standard InChI is InChI=1S/C34H37ClF2N8O3/c1-32(2,3)20-34(24-8-5-21(6-9-24)23-17-41-43(18-23)30(36)37)29(47)44(31(38)42-34)27(19-48-28(46)16-33(4)11-12-33)22-7-10-25(35)26(15-22)45-39-13-14-40-45/h5-10,13-15,17-18,27,30H,11-12,16,19-20H2,1-4H3,(H2,38,42)/t27-,34-/m1/s1. The fourth-order valence-corrected chi connectivity index (χ4v) is 6.31. The van der Waals surface area contributed by atoms with E-state index in [1.54, 1.807) is 42.5 Å². The molecule has 1 amide bonds. The van der Waals surface area contributed by atoms with E-state index >= 15 is 0 Å². The van der Waals surface area contributed by atoms with Gasteiger partial charge in [-0.25, -0.2) is 9.67 Å². The summed E-state index contributed by atoms with van der Waals surface area (Å²) in [6, 6.07) is 11.3. The van der Waals surface area contributed by atoms with Gasteiger partial charge in [-0.3, -0.25) is 14.5 Å². The maximum atomic E-state index is 14.9. The van der Waals surface area contributed by atoms with E-state index in [4.69, 9.17) is 27.1 Å². The summed E-state index contributed by atoms with van der Waals surface area (Å²) in [7, 11) is 0. The number of rotatable bonds is 11. The van der Waals surface area contributed by atoms with Crippen LogP contribution in [0.1, 0.15) is 77.1 Å². The van der Waals surface area contributed by atoms with Crippen molar-refractivity contribution in [1.82, 2.24) is 29.7 Å². The molecule has 2 atom stereocenters. The van der Waals surface area contributed by atoms with E-state index in [1.807, 2.05) is 27.7 Å². The molecule has 1 saturated carbocycles. The number of aliphatic imine (C=N–C) groups is 1. The minimum Gasteiger partial charge on any atom is -0.463 e. The Balaban J connectivity index is 1.38. The van der Waals surface area contributed by atoms with Crippen molar-refractivity contribution in [2.75, 3.05) is 6.61 Å². The molecular weight excluding hydrogens is 642 g/mol. The van der Waals surface area contributed by atoms with E-state index in [0.29, 0.717) is 44.1 Å². The van der Waals surface area contributed by atoms with Crippen molar-refractivity contribution in [2.45, 2.75) is 71.5 Å². The molecule has 1 aliphatic heterocycles. The summed E-state index contributed by atoms with van der Waals surface area (Å²) < 4.78 is 32.7. The number of alkyl halides is 2. The molecule has 14 heteroatoms. The van der Waals surface area contributed by atoms with E-state index in [9.17, 15) is 18.4 Å². The van der Waals surface area contributed by atoms with Crippen molar-refractivity contribution in [3.05, 3.63) is 83.4 Å². The maximum Gasteiger partial charge on any atom is 0.333 e. The monoisotopic (exact) mass is 678 g/mol. The van der Waals surface area contributed by atoms with Gasteiger partial charge in [0, 0.05) is 11.8 Å². The first kappa shape index (κ1) is 33.3. The van der Waals surface area contributed by atoms with Gasteiger partial charge in [-0.1, -0.05) is 69.6 Å². The highest BCUT2D eigenvalue weighted by Crippen LogP contribution is 2.49. The zero-order chi connectivity index (χ0) is 34.4. The van der Waals surface area contributed by atoms with Gasteiger partial charge in [-0.05, 0) is 58.9 Å². The molecule has 0 saturated heterocycles. The summed E-state index contributed by atoms with van der Waals surface area (Å²) in [6.07, 6.45) is 8.14. The zero-order valence-electron chi connectivity index (χ0n) is 27.1. The van der Waals surface area contributed by atoms with Crippen molar-refractivity contribution >= 4 is 29.4 Å². The molecule has 3 heterocycles. The molecule has 1 fully saturated rings. The minimum atomic E-state index is -2.76. The molecule has 2 aliphatic rings. The van der Waals surface area contributed by atoms with Crippen LogP contribution >= 0.6 is 11.6 Å². The summed E-state index contributed by atoms with van der Waals surface area (Å²) in [6.45, 7) is 5.12. The van der Waals surface area contributed by atoms with Crippen molar-refractivity contribution < 1.29 is 23.1 Å². The van der Waals surface area contributed by atoms with E-state index in [1.165, 1.54) is 34.5 Å². The molecule has 48 heavy (non-hydrogen) atoms. The zero-order valence-corrected chi connectivity index (χ0v) is 27.9. The number of nitrogens with zero attached hydrogens (tertiary/aromatic N) is 7. The van der Waals surface area contributed by atoms with Gasteiger partial charge < -0.3 is 10.5 Å². The smallest absolute Gasteiger partial charge is 0.333 e. The predicted octanol–water partition coefficient (Wildman–Crippen LogP) is 6.44. The Morgan fingerprint density at radius 2 is 1.75 bits per heavy atom. The number of hydrogen-bond donors (Lipinski definition) is 1. The number of nitrogens with two attached hydrogens (primary N) is 1. The fraction of sp³-hybridized carbons (Fsp3) is 0.412. The molecule has 0 spiro atoms. The third kappa shape index (κ3) is 6.69. The largest absolute Gasteiger partial charge is 0.463 e. The normalized spacial score (nSPS) is 19.5. The third-order valence-corrected chi connectivity index (χ3v) is 9.11. The molecule has 2 aromatic carbocycles. The summed E-state index contributed by atoms with van der Waals surface area (Å²) in [5.74, 6) is -0.788. The number of benzene rings is 2. The van der Waals surface area contributed by atoms with Crippen molar-refractivity contribution in [3.8, 4) is 16.8 Å². The van der Waals surface area contributed by atoms with E-state index in [0.717, 1.165) is 12.8 Å². The van der Waals surface area contributed by atoms with Crippen LogP contribution in [0.25, 0.3) is 16.8 Å². The van der Waals surface area contributed by atoms with Crippen LogP contribution in [0.3, 0.4) is 0 Å². The Morgan fingerprint density at radius 1 is 1.06 bits per heavy atom. The van der Waals surface area contributed by atoms with Crippen molar-refractivity contribution in [2.24, 2.45) is 21.6 Å². The van der Waals surface area contributed by atoms with Crippen LogP contribution in [0, 0.1) is 10.8 Å². The summed E-state index contributed by atoms with van der Waals surface area (Å²) in [4.78, 5) is 35.4. The average Bonchev–Trinajstić information content (AvgIpc) is 3.42. The molecule has 0 bridgehead atoms. The average molecular weight is 679 g/mol. The molecule has 4 aromatic rings. The molecule has 0 radical (unpaired) electrons. The minimum absolute atomic E-state index is 0.0320. The molecule has 1 aliphatic carbocycles. The molecule has 11 nitrogen and oxygen atoms in total. The van der Waals surface area contributed by atoms with Gasteiger partial charge in [-0.15, -0.1) is 0 Å². The maximum absolute atomic E-state index is 14.9. The lowest BCUT2D eigenvalue weighted by atomic mass is 9.75. The molecule has 2 N–H and O–H groups in total. The lowest BCUT2D eigenvalue weighted by molar-refractivity contribution is -0.148. The van der Waals surface area contributed by atoms with Crippen molar-refractivity contribution in [1.29, 1.82) is 0 Å². The number of guanidine groups is 1. The quantitative estimate of drug-likeness (QED) is 0.180. The Bertz CT molecular complexity index is 1850. The highest BCUT2D eigenvalue weighted by molar-refractivity contribution is 6.32. The summed E-state index contributed by atoms with van der Waals surface area (Å²) in [5.41, 5.74) is 7.55. The number of hydrogen-bond acceptors (Lipinski definition) is 8. The third-order valence-electron chi connectivity index (χ3n) is 8.79. The Labute approximate surface area is 281 Å². The lowest BCUT2D eigenvalue weighted by Crippen LogP contribution is -2.47. The first-order valence-corrected chi connectivity index (χ1v) is 16.0. The second-order valence-electron chi connectivity index (χ2n) is 14.0. The molecule has 0 unspecified atom stereocenters. The van der Waals surface area contributed by atoms with Crippen LogP contribution in [-0.2, 0) is 19.9 Å². The Morgan fingerprint density at radius 3 is 2.35 bits per heavy atom. The van der Waals surface area contributed by atoms with Gasteiger partial charge in [-0.2, -0.15) is 28.9 Å². The highest BCUT2D eigenvalue weighted by atomic mass is 35.5.